The van der Waals surface area contributed by atoms with Crippen LogP contribution in [0.2, 0.25) is 25.2 Å². The van der Waals surface area contributed by atoms with Crippen molar-refractivity contribution in [1.82, 2.24) is 0 Å². The van der Waals surface area contributed by atoms with Crippen molar-refractivity contribution in [2.45, 2.75) is 30.6 Å². The molecule has 0 saturated heterocycles. The summed E-state index contributed by atoms with van der Waals surface area (Å²) in [6, 6.07) is 31.2. The van der Waals surface area contributed by atoms with Crippen LogP contribution in [0, 0.1) is 5.92 Å². The van der Waals surface area contributed by atoms with E-state index in [0.717, 1.165) is 5.56 Å². The van der Waals surface area contributed by atoms with Gasteiger partial charge in [-0.3, -0.25) is 4.79 Å². The highest BCUT2D eigenvalue weighted by Gasteiger charge is 2.72. The van der Waals surface area contributed by atoms with Crippen LogP contribution in [0.1, 0.15) is 21.5 Å². The molecule has 1 aliphatic carbocycles. The predicted octanol–water partition coefficient (Wildman–Crippen LogP) is 6.19. The molecule has 1 saturated carbocycles. The third kappa shape index (κ3) is 2.89. The van der Waals surface area contributed by atoms with E-state index in [1.807, 2.05) is 30.3 Å². The van der Waals surface area contributed by atoms with E-state index in [9.17, 15) is 4.79 Å². The molecule has 0 unspecified atom stereocenters. The number of rotatable bonds is 5. The second-order valence-electron chi connectivity index (χ2n) is 8.65. The molecule has 1 nitrogen and oxygen atoms in total. The SMILES string of the molecule is C[Si](C)(C)[C@@H]1[C@@H](C(=O)c2ccccc2)C1(c1ccccc1)c1ccccc1. The summed E-state index contributed by atoms with van der Waals surface area (Å²) in [4.78, 5) is 13.6. The molecule has 0 aromatic heterocycles. The fourth-order valence-electron chi connectivity index (χ4n) is 5.02. The van der Waals surface area contributed by atoms with E-state index in [4.69, 9.17) is 0 Å². The molecular weight excluding hydrogens is 344 g/mol. The van der Waals surface area contributed by atoms with Crippen molar-refractivity contribution in [3.05, 3.63) is 108 Å². The number of Topliss-reactive ketones (excluding diaryl/α,β-unsaturated/α-hetero) is 1. The molecule has 0 radical (unpaired) electrons. The summed E-state index contributed by atoms with van der Waals surface area (Å²) >= 11 is 0. The highest BCUT2D eigenvalue weighted by molar-refractivity contribution is 6.79. The molecule has 27 heavy (non-hydrogen) atoms. The van der Waals surface area contributed by atoms with Gasteiger partial charge >= 0.3 is 0 Å². The van der Waals surface area contributed by atoms with Crippen molar-refractivity contribution in [3.8, 4) is 0 Å². The molecule has 136 valence electrons. The number of ketones is 1. The van der Waals surface area contributed by atoms with Crippen LogP contribution in [0.15, 0.2) is 91.0 Å². The molecule has 0 aliphatic heterocycles. The van der Waals surface area contributed by atoms with Crippen molar-refractivity contribution >= 4 is 13.9 Å². The Balaban J connectivity index is 1.92. The minimum absolute atomic E-state index is 0.0105. The highest BCUT2D eigenvalue weighted by Crippen LogP contribution is 2.72. The summed E-state index contributed by atoms with van der Waals surface area (Å²) in [5, 5.41) is 0. The lowest BCUT2D eigenvalue weighted by Gasteiger charge is -2.24. The second-order valence-corrected chi connectivity index (χ2v) is 14.0. The Morgan fingerprint density at radius 2 is 1.11 bits per heavy atom. The van der Waals surface area contributed by atoms with Gasteiger partial charge in [0.05, 0.1) is 0 Å². The largest absolute Gasteiger partial charge is 0.294 e. The number of hydrogen-bond acceptors (Lipinski definition) is 1. The number of hydrogen-bond donors (Lipinski definition) is 0. The maximum atomic E-state index is 13.6. The Labute approximate surface area is 163 Å². The third-order valence-electron chi connectivity index (χ3n) is 5.98. The van der Waals surface area contributed by atoms with Gasteiger partial charge in [0.15, 0.2) is 5.78 Å². The molecule has 1 fully saturated rings. The fraction of sp³-hybridized carbons (Fsp3) is 0.240. The van der Waals surface area contributed by atoms with Gasteiger partial charge in [-0.05, 0) is 16.7 Å². The second kappa shape index (κ2) is 6.61. The molecule has 2 heteroatoms. The van der Waals surface area contributed by atoms with Crippen LogP contribution in [0.4, 0.5) is 0 Å². The van der Waals surface area contributed by atoms with Gasteiger partial charge in [0.25, 0.3) is 0 Å². The molecule has 3 aromatic rings. The number of carbonyl (C=O) groups excluding carboxylic acids is 1. The molecule has 0 spiro atoms. The Kier molecular flexibility index (Phi) is 4.39. The monoisotopic (exact) mass is 370 g/mol. The van der Waals surface area contributed by atoms with Crippen molar-refractivity contribution < 1.29 is 4.79 Å². The number of benzene rings is 3. The van der Waals surface area contributed by atoms with E-state index in [2.05, 4.69) is 80.3 Å². The lowest BCUT2D eigenvalue weighted by molar-refractivity contribution is 0.0960. The van der Waals surface area contributed by atoms with Gasteiger partial charge < -0.3 is 0 Å². The summed E-state index contributed by atoms with van der Waals surface area (Å²) in [6.45, 7) is 7.20. The molecule has 4 rings (SSSR count). The average molecular weight is 371 g/mol. The van der Waals surface area contributed by atoms with Crippen LogP contribution in [0.3, 0.4) is 0 Å². The topological polar surface area (TPSA) is 17.1 Å². The van der Waals surface area contributed by atoms with E-state index >= 15 is 0 Å². The van der Waals surface area contributed by atoms with Gasteiger partial charge in [-0.1, -0.05) is 111 Å². The molecule has 3 aromatic carbocycles. The van der Waals surface area contributed by atoms with Gasteiger partial charge in [-0.25, -0.2) is 0 Å². The molecular formula is C25H26OSi. The minimum atomic E-state index is -1.60. The smallest absolute Gasteiger partial charge is 0.167 e. The lowest BCUT2D eigenvalue weighted by Crippen LogP contribution is -2.26. The van der Waals surface area contributed by atoms with Crippen molar-refractivity contribution in [2.24, 2.45) is 5.92 Å². The zero-order valence-electron chi connectivity index (χ0n) is 16.2. The Morgan fingerprint density at radius 1 is 0.704 bits per heavy atom. The number of carbonyl (C=O) groups is 1. The molecule has 0 N–H and O–H groups in total. The maximum Gasteiger partial charge on any atom is 0.167 e. The predicted molar refractivity (Wildman–Crippen MR) is 115 cm³/mol. The van der Waals surface area contributed by atoms with Crippen LogP contribution in [0.5, 0.6) is 0 Å². The van der Waals surface area contributed by atoms with Crippen LogP contribution in [-0.4, -0.2) is 13.9 Å². The van der Waals surface area contributed by atoms with E-state index in [1.54, 1.807) is 0 Å². The normalized spacial score (nSPS) is 20.9. The fourth-order valence-corrected chi connectivity index (χ4v) is 8.22. The van der Waals surface area contributed by atoms with Crippen LogP contribution < -0.4 is 0 Å². The summed E-state index contributed by atoms with van der Waals surface area (Å²) in [5.41, 5.74) is 3.57. The van der Waals surface area contributed by atoms with Gasteiger partial charge in [-0.2, -0.15) is 0 Å². The van der Waals surface area contributed by atoms with Crippen molar-refractivity contribution in [3.63, 3.8) is 0 Å². The molecule has 0 heterocycles. The van der Waals surface area contributed by atoms with Crippen molar-refractivity contribution in [1.29, 1.82) is 0 Å². The van der Waals surface area contributed by atoms with Gasteiger partial charge in [-0.15, -0.1) is 0 Å². The van der Waals surface area contributed by atoms with Crippen LogP contribution in [-0.2, 0) is 5.41 Å². The van der Waals surface area contributed by atoms with Crippen LogP contribution >= 0.6 is 0 Å². The Bertz CT molecular complexity index is 887. The quantitative estimate of drug-likeness (QED) is 0.386. The minimum Gasteiger partial charge on any atom is -0.294 e. The van der Waals surface area contributed by atoms with E-state index < -0.39 is 8.07 Å². The first kappa shape index (κ1) is 17.9. The van der Waals surface area contributed by atoms with Gasteiger partial charge in [0.1, 0.15) is 0 Å². The molecule has 2 atom stereocenters. The summed E-state index contributed by atoms with van der Waals surface area (Å²) < 4.78 is 0. The van der Waals surface area contributed by atoms with Crippen LogP contribution in [0.25, 0.3) is 0 Å². The standard InChI is InChI=1S/C25H26OSi/c1-27(2,3)24-22(23(26)19-13-7-4-8-14-19)25(24,20-15-9-5-10-16-20)21-17-11-6-12-18-21/h4-18,22,24H,1-3H3/t22-,24-/m1/s1. The van der Waals surface area contributed by atoms with Gasteiger partial charge in [0.2, 0.25) is 0 Å². The Hall–Kier alpha value is -2.45. The zero-order valence-corrected chi connectivity index (χ0v) is 17.2. The summed E-state index contributed by atoms with van der Waals surface area (Å²) in [5.74, 6) is 0.298. The summed E-state index contributed by atoms with van der Waals surface area (Å²) in [7, 11) is -1.60. The Morgan fingerprint density at radius 3 is 1.52 bits per heavy atom. The third-order valence-corrected chi connectivity index (χ3v) is 8.64. The summed E-state index contributed by atoms with van der Waals surface area (Å²) in [6.07, 6.45) is 0. The first-order chi connectivity index (χ1) is 13.0. The highest BCUT2D eigenvalue weighted by atomic mass is 28.3. The maximum absolute atomic E-state index is 13.6. The van der Waals surface area contributed by atoms with Crippen molar-refractivity contribution in [2.75, 3.05) is 0 Å². The molecule has 0 bridgehead atoms. The first-order valence-electron chi connectivity index (χ1n) is 9.67. The van der Waals surface area contributed by atoms with Gasteiger partial charge in [0, 0.05) is 25.0 Å². The molecule has 0 amide bonds. The average Bonchev–Trinajstić information content (AvgIpc) is 3.42. The molecule has 1 aliphatic rings. The first-order valence-corrected chi connectivity index (χ1v) is 13.3. The van der Waals surface area contributed by atoms with E-state index in [-0.39, 0.29) is 17.1 Å². The van der Waals surface area contributed by atoms with E-state index in [1.165, 1.54) is 11.1 Å². The lowest BCUT2D eigenvalue weighted by atomic mass is 9.84. The van der Waals surface area contributed by atoms with E-state index in [0.29, 0.717) is 5.54 Å². The zero-order chi connectivity index (χ0) is 19.1.